The van der Waals surface area contributed by atoms with Crippen LogP contribution in [0.5, 0.6) is 5.75 Å². The van der Waals surface area contributed by atoms with E-state index in [1.54, 1.807) is 42.5 Å². The number of halogens is 1. The number of nitrogens with zero attached hydrogens (tertiary/aromatic N) is 1. The number of carbonyl (C=O) groups excluding carboxylic acids is 1. The third-order valence-corrected chi connectivity index (χ3v) is 7.45. The first-order valence-electron chi connectivity index (χ1n) is 11.3. The lowest BCUT2D eigenvalue weighted by atomic mass is 10.1. The summed E-state index contributed by atoms with van der Waals surface area (Å²) in [5.41, 5.74) is 2.60. The van der Waals surface area contributed by atoms with Crippen molar-refractivity contribution < 1.29 is 22.3 Å². The third kappa shape index (κ3) is 5.92. The number of sulfonamides is 1. The molecule has 0 aliphatic carbocycles. The average molecular weight is 498 g/mol. The van der Waals surface area contributed by atoms with Gasteiger partial charge >= 0.3 is 0 Å². The number of rotatable bonds is 8. The van der Waals surface area contributed by atoms with Gasteiger partial charge in [-0.05, 0) is 73.9 Å². The maximum atomic E-state index is 13.2. The molecular formula is C26H28FN3O4S. The number of hydrogen-bond donors (Lipinski definition) is 2. The van der Waals surface area contributed by atoms with Gasteiger partial charge in [-0.1, -0.05) is 17.7 Å². The van der Waals surface area contributed by atoms with Gasteiger partial charge in [-0.15, -0.1) is 0 Å². The Morgan fingerprint density at radius 2 is 1.80 bits per heavy atom. The van der Waals surface area contributed by atoms with Gasteiger partial charge in [0.15, 0.2) is 0 Å². The fourth-order valence-electron chi connectivity index (χ4n) is 4.08. The van der Waals surface area contributed by atoms with Crippen LogP contribution in [-0.2, 0) is 10.0 Å². The molecule has 9 heteroatoms. The van der Waals surface area contributed by atoms with Gasteiger partial charge in [0.1, 0.15) is 16.5 Å². The number of nitrogens with one attached hydrogen (secondary N) is 2. The summed E-state index contributed by atoms with van der Waals surface area (Å²) in [5, 5.41) is 2.91. The zero-order chi connectivity index (χ0) is 25.0. The average Bonchev–Trinajstić information content (AvgIpc) is 3.33. The van der Waals surface area contributed by atoms with Gasteiger partial charge in [0, 0.05) is 36.6 Å². The molecule has 1 unspecified atom stereocenters. The molecule has 1 aliphatic heterocycles. The van der Waals surface area contributed by atoms with E-state index in [0.29, 0.717) is 12.2 Å². The van der Waals surface area contributed by atoms with E-state index < -0.39 is 10.0 Å². The highest BCUT2D eigenvalue weighted by Crippen LogP contribution is 2.28. The molecule has 0 saturated carbocycles. The van der Waals surface area contributed by atoms with E-state index in [0.717, 1.165) is 30.8 Å². The molecule has 7 nitrogen and oxygen atoms in total. The number of carbonyl (C=O) groups is 1. The van der Waals surface area contributed by atoms with E-state index in [1.807, 2.05) is 6.92 Å². The molecular weight excluding hydrogens is 469 g/mol. The summed E-state index contributed by atoms with van der Waals surface area (Å²) in [5.74, 6) is -0.257. The number of hydrogen-bond acceptors (Lipinski definition) is 5. The third-order valence-electron chi connectivity index (χ3n) is 6.05. The van der Waals surface area contributed by atoms with Gasteiger partial charge < -0.3 is 15.0 Å². The summed E-state index contributed by atoms with van der Waals surface area (Å²) in [6.45, 7) is 3.93. The van der Waals surface area contributed by atoms with Crippen LogP contribution in [0.2, 0.25) is 0 Å². The second-order valence-corrected chi connectivity index (χ2v) is 10.3. The van der Waals surface area contributed by atoms with Gasteiger partial charge in [-0.2, -0.15) is 0 Å². The maximum Gasteiger partial charge on any atom is 0.265 e. The van der Waals surface area contributed by atoms with Gasteiger partial charge in [-0.3, -0.25) is 9.52 Å². The van der Waals surface area contributed by atoms with Crippen LogP contribution in [0, 0.1) is 18.7 Å². The van der Waals surface area contributed by atoms with Crippen molar-refractivity contribution in [1.29, 1.82) is 0 Å². The van der Waals surface area contributed by atoms with Crippen molar-refractivity contribution in [1.82, 2.24) is 5.32 Å². The van der Waals surface area contributed by atoms with Crippen LogP contribution >= 0.6 is 0 Å². The van der Waals surface area contributed by atoms with Crippen molar-refractivity contribution in [2.75, 3.05) is 36.4 Å². The number of anilines is 2. The molecule has 1 saturated heterocycles. The molecule has 4 rings (SSSR count). The van der Waals surface area contributed by atoms with Crippen LogP contribution in [0.1, 0.15) is 22.3 Å². The highest BCUT2D eigenvalue weighted by Gasteiger charge is 2.25. The fraction of sp³-hybridized carbons (Fsp3) is 0.269. The summed E-state index contributed by atoms with van der Waals surface area (Å²) < 4.78 is 47.1. The summed E-state index contributed by atoms with van der Waals surface area (Å²) in [4.78, 5) is 14.9. The molecule has 1 heterocycles. The summed E-state index contributed by atoms with van der Waals surface area (Å²) in [6.07, 6.45) is 0.889. The molecule has 2 N–H and O–H groups in total. The molecule has 1 amide bonds. The summed E-state index contributed by atoms with van der Waals surface area (Å²) >= 11 is 0. The van der Waals surface area contributed by atoms with Crippen molar-refractivity contribution >= 4 is 27.3 Å². The lowest BCUT2D eigenvalue weighted by Gasteiger charge is -2.19. The number of amides is 1. The zero-order valence-electron chi connectivity index (χ0n) is 19.6. The second kappa shape index (κ2) is 10.4. The zero-order valence-corrected chi connectivity index (χ0v) is 20.4. The Morgan fingerprint density at radius 3 is 2.49 bits per heavy atom. The second-order valence-electron chi connectivity index (χ2n) is 8.62. The van der Waals surface area contributed by atoms with Crippen LogP contribution in [-0.4, -0.2) is 41.1 Å². The lowest BCUT2D eigenvalue weighted by molar-refractivity contribution is 0.0948. The van der Waals surface area contributed by atoms with Crippen molar-refractivity contribution in [3.05, 3.63) is 83.7 Å². The number of benzene rings is 3. The van der Waals surface area contributed by atoms with Crippen LogP contribution in [0.15, 0.2) is 71.6 Å². The number of ether oxygens (including phenoxy) is 1. The Kier molecular flexibility index (Phi) is 7.25. The Bertz CT molecular complexity index is 1300. The van der Waals surface area contributed by atoms with Crippen LogP contribution < -0.4 is 19.7 Å². The summed E-state index contributed by atoms with van der Waals surface area (Å²) in [7, 11) is -2.60. The van der Waals surface area contributed by atoms with Crippen LogP contribution in [0.3, 0.4) is 0 Å². The molecule has 1 atom stereocenters. The normalized spacial score (nSPS) is 15.6. The van der Waals surface area contributed by atoms with Gasteiger partial charge in [0.05, 0.1) is 7.11 Å². The molecule has 1 fully saturated rings. The van der Waals surface area contributed by atoms with Crippen LogP contribution in [0.4, 0.5) is 15.8 Å². The molecule has 184 valence electrons. The minimum atomic E-state index is -3.98. The monoisotopic (exact) mass is 497 g/mol. The number of methoxy groups -OCH3 is 1. The highest BCUT2D eigenvalue weighted by molar-refractivity contribution is 7.92. The number of aryl methyl sites for hydroxylation is 1. The molecule has 35 heavy (non-hydrogen) atoms. The van der Waals surface area contributed by atoms with Gasteiger partial charge in [0.2, 0.25) is 0 Å². The Labute approximate surface area is 205 Å². The minimum absolute atomic E-state index is 0.114. The first-order chi connectivity index (χ1) is 16.7. The molecule has 0 radical (unpaired) electrons. The quantitative estimate of drug-likeness (QED) is 0.487. The Hall–Kier alpha value is -3.59. The van der Waals surface area contributed by atoms with Crippen molar-refractivity contribution in [3.8, 4) is 5.75 Å². The van der Waals surface area contributed by atoms with Crippen molar-refractivity contribution in [2.45, 2.75) is 18.2 Å². The van der Waals surface area contributed by atoms with Gasteiger partial charge in [-0.25, -0.2) is 12.8 Å². The predicted molar refractivity (Wildman–Crippen MR) is 134 cm³/mol. The standard InChI is InChI=1S/C26H28FN3O4S/c1-18-3-8-22(9-4-18)29-35(32,33)25-15-20(5-12-24(25)34-2)26(31)28-16-19-13-14-30(17-19)23-10-6-21(27)7-11-23/h3-12,15,19,29H,13-14,16-17H2,1-2H3,(H,28,31). The van der Waals surface area contributed by atoms with E-state index in [9.17, 15) is 17.6 Å². The molecule has 0 aromatic heterocycles. The lowest BCUT2D eigenvalue weighted by Crippen LogP contribution is -2.31. The van der Waals surface area contributed by atoms with E-state index in [4.69, 9.17) is 4.74 Å². The SMILES string of the molecule is COc1ccc(C(=O)NCC2CCN(c3ccc(F)cc3)C2)cc1S(=O)(=O)Nc1ccc(C)cc1. The smallest absolute Gasteiger partial charge is 0.265 e. The van der Waals surface area contributed by atoms with E-state index in [1.165, 1.54) is 31.4 Å². The topological polar surface area (TPSA) is 87.7 Å². The Balaban J connectivity index is 1.42. The van der Waals surface area contributed by atoms with E-state index in [-0.39, 0.29) is 33.9 Å². The van der Waals surface area contributed by atoms with E-state index >= 15 is 0 Å². The van der Waals surface area contributed by atoms with Gasteiger partial charge in [0.25, 0.3) is 15.9 Å². The molecule has 0 bridgehead atoms. The van der Waals surface area contributed by atoms with Crippen LogP contribution in [0.25, 0.3) is 0 Å². The molecule has 3 aromatic carbocycles. The highest BCUT2D eigenvalue weighted by atomic mass is 32.2. The molecule has 0 spiro atoms. The first kappa shape index (κ1) is 24.5. The van der Waals surface area contributed by atoms with Crippen molar-refractivity contribution in [3.63, 3.8) is 0 Å². The first-order valence-corrected chi connectivity index (χ1v) is 12.8. The van der Waals surface area contributed by atoms with E-state index in [2.05, 4.69) is 14.9 Å². The largest absolute Gasteiger partial charge is 0.495 e. The van der Waals surface area contributed by atoms with Crippen molar-refractivity contribution in [2.24, 2.45) is 5.92 Å². The minimum Gasteiger partial charge on any atom is -0.495 e. The molecule has 3 aromatic rings. The Morgan fingerprint density at radius 1 is 1.09 bits per heavy atom. The predicted octanol–water partition coefficient (Wildman–Crippen LogP) is 4.20. The maximum absolute atomic E-state index is 13.2. The molecule has 1 aliphatic rings. The summed E-state index contributed by atoms with van der Waals surface area (Å²) in [6, 6.07) is 17.7. The fourth-order valence-corrected chi connectivity index (χ4v) is 5.34.